The van der Waals surface area contributed by atoms with Crippen LogP contribution < -0.4 is 5.73 Å². The SMILES string of the molecule is COC(=O)c1ccc(Cn2ccc(CN)c2)cc1. The van der Waals surface area contributed by atoms with Crippen LogP contribution in [0, 0.1) is 0 Å². The average molecular weight is 244 g/mol. The maximum Gasteiger partial charge on any atom is 0.337 e. The number of benzene rings is 1. The van der Waals surface area contributed by atoms with E-state index in [4.69, 9.17) is 5.73 Å². The molecule has 2 aromatic rings. The van der Waals surface area contributed by atoms with Crippen LogP contribution in [-0.2, 0) is 17.8 Å². The summed E-state index contributed by atoms with van der Waals surface area (Å²) < 4.78 is 6.72. The second-order valence-corrected chi connectivity index (χ2v) is 4.08. The van der Waals surface area contributed by atoms with E-state index in [2.05, 4.69) is 9.30 Å². The Balaban J connectivity index is 2.08. The lowest BCUT2D eigenvalue weighted by Gasteiger charge is -2.04. The number of ether oxygens (including phenoxy) is 1. The smallest absolute Gasteiger partial charge is 0.337 e. The highest BCUT2D eigenvalue weighted by molar-refractivity contribution is 5.89. The lowest BCUT2D eigenvalue weighted by molar-refractivity contribution is 0.0600. The van der Waals surface area contributed by atoms with Crippen LogP contribution in [0.5, 0.6) is 0 Å². The van der Waals surface area contributed by atoms with Gasteiger partial charge in [0.05, 0.1) is 12.7 Å². The maximum atomic E-state index is 11.3. The lowest BCUT2D eigenvalue weighted by Crippen LogP contribution is -2.02. The third-order valence-electron chi connectivity index (χ3n) is 2.79. The van der Waals surface area contributed by atoms with E-state index >= 15 is 0 Å². The zero-order chi connectivity index (χ0) is 13.0. The summed E-state index contributed by atoms with van der Waals surface area (Å²) in [7, 11) is 1.38. The molecule has 94 valence electrons. The Morgan fingerprint density at radius 3 is 2.50 bits per heavy atom. The van der Waals surface area contributed by atoms with Crippen LogP contribution in [0.1, 0.15) is 21.5 Å². The van der Waals surface area contributed by atoms with Gasteiger partial charge in [-0.1, -0.05) is 12.1 Å². The molecule has 4 nitrogen and oxygen atoms in total. The number of carbonyl (C=O) groups excluding carboxylic acids is 1. The molecule has 0 amide bonds. The van der Waals surface area contributed by atoms with Crippen molar-refractivity contribution in [3.05, 3.63) is 59.4 Å². The molecule has 0 bridgehead atoms. The molecule has 0 saturated carbocycles. The van der Waals surface area contributed by atoms with E-state index < -0.39 is 0 Å². The largest absolute Gasteiger partial charge is 0.465 e. The maximum absolute atomic E-state index is 11.3. The minimum atomic E-state index is -0.312. The van der Waals surface area contributed by atoms with Gasteiger partial charge in [-0.2, -0.15) is 0 Å². The molecule has 0 atom stereocenters. The van der Waals surface area contributed by atoms with Crippen LogP contribution in [0.2, 0.25) is 0 Å². The van der Waals surface area contributed by atoms with E-state index in [9.17, 15) is 4.79 Å². The van der Waals surface area contributed by atoms with Gasteiger partial charge in [0.15, 0.2) is 0 Å². The molecule has 2 N–H and O–H groups in total. The van der Waals surface area contributed by atoms with Gasteiger partial charge < -0.3 is 15.0 Å². The molecule has 1 aromatic carbocycles. The van der Waals surface area contributed by atoms with Gasteiger partial charge in [-0.05, 0) is 29.3 Å². The topological polar surface area (TPSA) is 57.2 Å². The molecular weight excluding hydrogens is 228 g/mol. The Kier molecular flexibility index (Phi) is 3.79. The Labute approximate surface area is 106 Å². The highest BCUT2D eigenvalue weighted by atomic mass is 16.5. The first kappa shape index (κ1) is 12.4. The third-order valence-corrected chi connectivity index (χ3v) is 2.79. The lowest BCUT2D eigenvalue weighted by atomic mass is 10.1. The molecule has 0 radical (unpaired) electrons. The summed E-state index contributed by atoms with van der Waals surface area (Å²) in [6, 6.07) is 9.40. The molecule has 0 aliphatic rings. The van der Waals surface area contributed by atoms with E-state index in [1.54, 1.807) is 12.1 Å². The van der Waals surface area contributed by atoms with Crippen molar-refractivity contribution in [1.82, 2.24) is 4.57 Å². The van der Waals surface area contributed by atoms with Crippen molar-refractivity contribution in [2.75, 3.05) is 7.11 Å². The summed E-state index contributed by atoms with van der Waals surface area (Å²) >= 11 is 0. The molecule has 1 heterocycles. The molecule has 18 heavy (non-hydrogen) atoms. The van der Waals surface area contributed by atoms with Crippen LogP contribution in [-0.4, -0.2) is 17.6 Å². The number of aromatic nitrogens is 1. The van der Waals surface area contributed by atoms with Crippen molar-refractivity contribution in [3.63, 3.8) is 0 Å². The predicted octanol–water partition coefficient (Wildman–Crippen LogP) is 1.78. The molecule has 0 aliphatic heterocycles. The fourth-order valence-corrected chi connectivity index (χ4v) is 1.78. The molecule has 4 heteroatoms. The van der Waals surface area contributed by atoms with Crippen LogP contribution in [0.4, 0.5) is 0 Å². The van der Waals surface area contributed by atoms with E-state index in [1.807, 2.05) is 30.6 Å². The van der Waals surface area contributed by atoms with Gasteiger partial charge >= 0.3 is 5.97 Å². The van der Waals surface area contributed by atoms with Crippen molar-refractivity contribution in [2.45, 2.75) is 13.1 Å². The van der Waals surface area contributed by atoms with E-state index in [0.29, 0.717) is 12.1 Å². The predicted molar refractivity (Wildman–Crippen MR) is 69.2 cm³/mol. The average Bonchev–Trinajstić information content (AvgIpc) is 2.86. The second-order valence-electron chi connectivity index (χ2n) is 4.08. The normalized spacial score (nSPS) is 10.3. The van der Waals surface area contributed by atoms with Crippen LogP contribution >= 0.6 is 0 Å². The van der Waals surface area contributed by atoms with Crippen LogP contribution in [0.3, 0.4) is 0 Å². The Bertz CT molecular complexity index is 529. The monoisotopic (exact) mass is 244 g/mol. The molecule has 0 spiro atoms. The van der Waals surface area contributed by atoms with Crippen molar-refractivity contribution in [1.29, 1.82) is 0 Å². The standard InChI is InChI=1S/C14H16N2O2/c1-18-14(17)13-4-2-11(3-5-13)9-16-7-6-12(8-15)10-16/h2-7,10H,8-9,15H2,1H3. The van der Waals surface area contributed by atoms with Crippen molar-refractivity contribution >= 4 is 5.97 Å². The highest BCUT2D eigenvalue weighted by Crippen LogP contribution is 2.09. The van der Waals surface area contributed by atoms with Gasteiger partial charge in [0, 0.05) is 25.5 Å². The Hall–Kier alpha value is -2.07. The van der Waals surface area contributed by atoms with Gasteiger partial charge in [0.2, 0.25) is 0 Å². The van der Waals surface area contributed by atoms with Crippen molar-refractivity contribution < 1.29 is 9.53 Å². The fourth-order valence-electron chi connectivity index (χ4n) is 1.78. The number of methoxy groups -OCH3 is 1. The zero-order valence-corrected chi connectivity index (χ0v) is 10.3. The van der Waals surface area contributed by atoms with E-state index in [1.165, 1.54) is 7.11 Å². The number of rotatable bonds is 4. The molecule has 0 fully saturated rings. The first-order valence-electron chi connectivity index (χ1n) is 5.75. The number of nitrogens with zero attached hydrogens (tertiary/aromatic N) is 1. The number of hydrogen-bond donors (Lipinski definition) is 1. The third kappa shape index (κ3) is 2.78. The Morgan fingerprint density at radius 2 is 1.94 bits per heavy atom. The molecule has 0 aliphatic carbocycles. The summed E-state index contributed by atoms with van der Waals surface area (Å²) in [5.41, 5.74) is 8.37. The summed E-state index contributed by atoms with van der Waals surface area (Å²) in [5, 5.41) is 0. The first-order chi connectivity index (χ1) is 8.72. The number of carbonyl (C=O) groups is 1. The minimum absolute atomic E-state index is 0.312. The van der Waals surface area contributed by atoms with Crippen LogP contribution in [0.15, 0.2) is 42.7 Å². The zero-order valence-electron chi connectivity index (χ0n) is 10.3. The summed E-state index contributed by atoms with van der Waals surface area (Å²) in [5.74, 6) is -0.312. The minimum Gasteiger partial charge on any atom is -0.465 e. The van der Waals surface area contributed by atoms with Gasteiger partial charge in [0.25, 0.3) is 0 Å². The molecule has 0 saturated heterocycles. The summed E-state index contributed by atoms with van der Waals surface area (Å²) in [6.45, 7) is 1.32. The number of nitrogens with two attached hydrogens (primary N) is 1. The Morgan fingerprint density at radius 1 is 1.22 bits per heavy atom. The van der Waals surface area contributed by atoms with E-state index in [-0.39, 0.29) is 5.97 Å². The molecule has 0 unspecified atom stereocenters. The highest BCUT2D eigenvalue weighted by Gasteiger charge is 2.04. The van der Waals surface area contributed by atoms with E-state index in [0.717, 1.165) is 17.7 Å². The van der Waals surface area contributed by atoms with Gasteiger partial charge in [-0.3, -0.25) is 0 Å². The van der Waals surface area contributed by atoms with Crippen molar-refractivity contribution in [2.24, 2.45) is 5.73 Å². The van der Waals surface area contributed by atoms with Gasteiger partial charge in [0.1, 0.15) is 0 Å². The van der Waals surface area contributed by atoms with Gasteiger partial charge in [-0.15, -0.1) is 0 Å². The second kappa shape index (κ2) is 5.51. The number of hydrogen-bond acceptors (Lipinski definition) is 3. The molecular formula is C14H16N2O2. The fraction of sp³-hybridized carbons (Fsp3) is 0.214. The quantitative estimate of drug-likeness (QED) is 0.834. The van der Waals surface area contributed by atoms with Crippen LogP contribution in [0.25, 0.3) is 0 Å². The molecule has 2 rings (SSSR count). The first-order valence-corrected chi connectivity index (χ1v) is 5.75. The van der Waals surface area contributed by atoms with Crippen molar-refractivity contribution in [3.8, 4) is 0 Å². The molecule has 1 aromatic heterocycles. The van der Waals surface area contributed by atoms with Gasteiger partial charge in [-0.25, -0.2) is 4.79 Å². The number of esters is 1. The summed E-state index contributed by atoms with van der Waals surface area (Å²) in [4.78, 5) is 11.3. The summed E-state index contributed by atoms with van der Waals surface area (Å²) in [6.07, 6.45) is 4.02.